The van der Waals surface area contributed by atoms with Crippen molar-refractivity contribution in [1.29, 1.82) is 0 Å². The molecule has 0 spiro atoms. The lowest BCUT2D eigenvalue weighted by atomic mass is 10.1. The number of rotatable bonds is 10. The molecule has 8 nitrogen and oxygen atoms in total. The standard InChI is InChI=1S/C22H31N3O5S.ClH/c1-22(2,3)25-21(26)15-30-19-10-7-17(13-20(19)29-4)14-24-12-11-16-5-8-18(9-6-16)31(23,27)28;/h5-10,13,24H,11-12,14-15H2,1-4H3,(H,25,26)(H2,23,27,28);1H/p-1. The van der Waals surface area contributed by atoms with Gasteiger partial charge in [-0.1, -0.05) is 18.2 Å². The predicted octanol–water partition coefficient (Wildman–Crippen LogP) is -1.03. The first-order valence-electron chi connectivity index (χ1n) is 9.91. The van der Waals surface area contributed by atoms with Crippen LogP contribution >= 0.6 is 0 Å². The highest BCUT2D eigenvalue weighted by Gasteiger charge is 2.15. The van der Waals surface area contributed by atoms with E-state index in [4.69, 9.17) is 14.6 Å². The van der Waals surface area contributed by atoms with E-state index >= 15 is 0 Å². The number of nitrogens with one attached hydrogen (secondary N) is 2. The highest BCUT2D eigenvalue weighted by Crippen LogP contribution is 2.28. The number of carbonyl (C=O) groups excluding carboxylic acids is 1. The summed E-state index contributed by atoms with van der Waals surface area (Å²) >= 11 is 0. The highest BCUT2D eigenvalue weighted by atomic mass is 35.5. The van der Waals surface area contributed by atoms with Gasteiger partial charge in [-0.05, 0) is 69.1 Å². The Kier molecular flexibility index (Phi) is 10.4. The average Bonchev–Trinajstić information content (AvgIpc) is 2.68. The molecule has 0 heterocycles. The van der Waals surface area contributed by atoms with Crippen LogP contribution in [-0.2, 0) is 27.8 Å². The van der Waals surface area contributed by atoms with Crippen LogP contribution in [0, 0.1) is 0 Å². The zero-order valence-electron chi connectivity index (χ0n) is 18.8. The Morgan fingerprint density at radius 2 is 1.66 bits per heavy atom. The third-order valence-electron chi connectivity index (χ3n) is 4.27. The van der Waals surface area contributed by atoms with E-state index in [-0.39, 0.29) is 35.4 Å². The lowest BCUT2D eigenvalue weighted by Gasteiger charge is -2.20. The van der Waals surface area contributed by atoms with Crippen molar-refractivity contribution in [3.8, 4) is 11.5 Å². The van der Waals surface area contributed by atoms with E-state index < -0.39 is 10.0 Å². The summed E-state index contributed by atoms with van der Waals surface area (Å²) in [7, 11) is -2.11. The third kappa shape index (κ3) is 9.44. The van der Waals surface area contributed by atoms with E-state index in [1.165, 1.54) is 12.1 Å². The van der Waals surface area contributed by atoms with Gasteiger partial charge in [0, 0.05) is 12.1 Å². The molecule has 0 atom stereocenters. The van der Waals surface area contributed by atoms with E-state index in [1.54, 1.807) is 25.3 Å². The van der Waals surface area contributed by atoms with Crippen molar-refractivity contribution in [2.24, 2.45) is 5.14 Å². The largest absolute Gasteiger partial charge is 1.00 e. The molecule has 0 unspecified atom stereocenters. The van der Waals surface area contributed by atoms with Crippen LogP contribution in [0.25, 0.3) is 0 Å². The maximum absolute atomic E-state index is 11.9. The Hall–Kier alpha value is -2.33. The summed E-state index contributed by atoms with van der Waals surface area (Å²) in [6, 6.07) is 12.1. The number of carbonyl (C=O) groups is 1. The molecule has 0 aliphatic heterocycles. The summed E-state index contributed by atoms with van der Waals surface area (Å²) in [4.78, 5) is 12.0. The molecule has 2 aromatic rings. The van der Waals surface area contributed by atoms with Gasteiger partial charge in [0.15, 0.2) is 18.1 Å². The second kappa shape index (κ2) is 12.1. The molecule has 32 heavy (non-hydrogen) atoms. The minimum absolute atomic E-state index is 0. The SMILES string of the molecule is COc1cc(CNCCc2ccc(S(N)(=O)=O)cc2)ccc1OCC(=O)NC(C)(C)C.[Cl-]. The van der Waals surface area contributed by atoms with Crippen LogP contribution in [-0.4, -0.2) is 40.1 Å². The lowest BCUT2D eigenvalue weighted by Crippen LogP contribution is -3.00. The Morgan fingerprint density at radius 1 is 1.03 bits per heavy atom. The predicted molar refractivity (Wildman–Crippen MR) is 120 cm³/mol. The summed E-state index contributed by atoms with van der Waals surface area (Å²) < 4.78 is 33.6. The highest BCUT2D eigenvalue weighted by molar-refractivity contribution is 7.89. The van der Waals surface area contributed by atoms with Crippen LogP contribution in [0.5, 0.6) is 11.5 Å². The smallest absolute Gasteiger partial charge is 0.258 e. The van der Waals surface area contributed by atoms with Crippen molar-refractivity contribution in [2.45, 2.75) is 44.2 Å². The summed E-state index contributed by atoms with van der Waals surface area (Å²) in [5.74, 6) is 0.865. The molecular weight excluding hydrogens is 454 g/mol. The second-order valence-corrected chi connectivity index (χ2v) is 9.75. The zero-order chi connectivity index (χ0) is 23.1. The van der Waals surface area contributed by atoms with Gasteiger partial charge in [-0.3, -0.25) is 4.79 Å². The number of halogens is 1. The molecule has 2 rings (SSSR count). The fourth-order valence-electron chi connectivity index (χ4n) is 2.85. The number of hydrogen-bond acceptors (Lipinski definition) is 6. The molecule has 1 amide bonds. The molecular formula is C22H31ClN3O5S-. The Morgan fingerprint density at radius 3 is 2.22 bits per heavy atom. The van der Waals surface area contributed by atoms with Crippen LogP contribution in [0.2, 0.25) is 0 Å². The van der Waals surface area contributed by atoms with E-state index in [2.05, 4.69) is 10.6 Å². The van der Waals surface area contributed by atoms with Gasteiger partial charge >= 0.3 is 0 Å². The van der Waals surface area contributed by atoms with Crippen molar-refractivity contribution >= 4 is 15.9 Å². The number of ether oxygens (including phenoxy) is 2. The summed E-state index contributed by atoms with van der Waals surface area (Å²) in [5.41, 5.74) is 1.70. The van der Waals surface area contributed by atoms with Gasteiger partial charge in [-0.2, -0.15) is 0 Å². The van der Waals surface area contributed by atoms with Gasteiger partial charge in [-0.25, -0.2) is 13.6 Å². The Balaban J connectivity index is 0.00000512. The summed E-state index contributed by atoms with van der Waals surface area (Å²) in [6.45, 7) is 6.97. The van der Waals surface area contributed by atoms with Gasteiger partial charge in [0.2, 0.25) is 10.0 Å². The molecule has 2 aromatic carbocycles. The molecule has 0 aliphatic rings. The molecule has 0 aliphatic carbocycles. The Labute approximate surface area is 196 Å². The fourth-order valence-corrected chi connectivity index (χ4v) is 3.37. The number of benzene rings is 2. The molecule has 10 heteroatoms. The van der Waals surface area contributed by atoms with E-state index in [0.29, 0.717) is 24.6 Å². The fraction of sp³-hybridized carbons (Fsp3) is 0.409. The molecule has 0 saturated heterocycles. The summed E-state index contributed by atoms with van der Waals surface area (Å²) in [6.07, 6.45) is 0.742. The molecule has 0 fully saturated rings. The first-order chi connectivity index (χ1) is 14.5. The van der Waals surface area contributed by atoms with Crippen LogP contribution < -0.4 is 37.7 Å². The molecule has 0 saturated carbocycles. The number of sulfonamides is 1. The minimum Gasteiger partial charge on any atom is -1.00 e. The molecule has 4 N–H and O–H groups in total. The molecule has 0 aromatic heterocycles. The second-order valence-electron chi connectivity index (χ2n) is 8.19. The number of hydrogen-bond donors (Lipinski definition) is 3. The van der Waals surface area contributed by atoms with E-state index in [9.17, 15) is 13.2 Å². The third-order valence-corrected chi connectivity index (χ3v) is 5.20. The monoisotopic (exact) mass is 484 g/mol. The number of nitrogens with two attached hydrogens (primary N) is 1. The van der Waals surface area contributed by atoms with Crippen molar-refractivity contribution in [1.82, 2.24) is 10.6 Å². The minimum atomic E-state index is -3.67. The molecule has 178 valence electrons. The van der Waals surface area contributed by atoms with Gasteiger partial charge < -0.3 is 32.5 Å². The van der Waals surface area contributed by atoms with E-state index in [1.807, 2.05) is 32.9 Å². The van der Waals surface area contributed by atoms with Crippen LogP contribution in [0.3, 0.4) is 0 Å². The average molecular weight is 485 g/mol. The maximum Gasteiger partial charge on any atom is 0.258 e. The molecule has 0 radical (unpaired) electrons. The lowest BCUT2D eigenvalue weighted by molar-refractivity contribution is -0.124. The first-order valence-corrected chi connectivity index (χ1v) is 11.5. The maximum atomic E-state index is 11.9. The van der Waals surface area contributed by atoms with Gasteiger partial charge in [0.25, 0.3) is 5.91 Å². The van der Waals surface area contributed by atoms with Gasteiger partial charge in [-0.15, -0.1) is 0 Å². The first kappa shape index (κ1) is 27.7. The van der Waals surface area contributed by atoms with Crippen LogP contribution in [0.15, 0.2) is 47.4 Å². The molecule has 0 bridgehead atoms. The zero-order valence-corrected chi connectivity index (χ0v) is 20.3. The number of methoxy groups -OCH3 is 1. The quantitative estimate of drug-likeness (QED) is 0.371. The topological polar surface area (TPSA) is 120 Å². The number of primary sulfonamides is 1. The van der Waals surface area contributed by atoms with Gasteiger partial charge in [0.1, 0.15) is 0 Å². The van der Waals surface area contributed by atoms with Crippen molar-refractivity contribution in [2.75, 3.05) is 20.3 Å². The van der Waals surface area contributed by atoms with E-state index in [0.717, 1.165) is 17.5 Å². The van der Waals surface area contributed by atoms with Gasteiger partial charge in [0.05, 0.1) is 12.0 Å². The van der Waals surface area contributed by atoms with Crippen molar-refractivity contribution < 1.29 is 35.1 Å². The van der Waals surface area contributed by atoms with Crippen LogP contribution in [0.1, 0.15) is 31.9 Å². The van der Waals surface area contributed by atoms with Crippen molar-refractivity contribution in [3.05, 3.63) is 53.6 Å². The Bertz CT molecular complexity index is 990. The summed E-state index contributed by atoms with van der Waals surface area (Å²) in [5, 5.41) is 11.3. The normalized spacial score (nSPS) is 11.4. The van der Waals surface area contributed by atoms with Crippen LogP contribution in [0.4, 0.5) is 0 Å². The van der Waals surface area contributed by atoms with Crippen molar-refractivity contribution in [3.63, 3.8) is 0 Å². The number of amides is 1.